The zero-order valence-corrected chi connectivity index (χ0v) is 15.6. The van der Waals surface area contributed by atoms with E-state index in [-0.39, 0.29) is 24.4 Å². The number of hydrogen-bond donors (Lipinski definition) is 1. The van der Waals surface area contributed by atoms with Crippen molar-refractivity contribution in [3.05, 3.63) is 85.5 Å². The second-order valence-corrected chi connectivity index (χ2v) is 6.53. The summed E-state index contributed by atoms with van der Waals surface area (Å²) in [5.74, 6) is -0.894. The molecule has 2 aliphatic rings. The fraction of sp³-hybridized carbons (Fsp3) is 0.261. The van der Waals surface area contributed by atoms with Gasteiger partial charge in [0.1, 0.15) is 24.4 Å². The fourth-order valence-electron chi connectivity index (χ4n) is 2.70. The van der Waals surface area contributed by atoms with Crippen LogP contribution in [0.4, 0.5) is 0 Å². The molecule has 0 amide bonds. The molecule has 0 aliphatic carbocycles. The first-order chi connectivity index (χ1) is 13.6. The third-order valence-electron chi connectivity index (χ3n) is 4.47. The minimum Gasteiger partial charge on any atom is -0.478 e. The molecule has 5 heteroatoms. The van der Waals surface area contributed by atoms with Gasteiger partial charge in [-0.2, -0.15) is 0 Å². The van der Waals surface area contributed by atoms with Gasteiger partial charge in [-0.1, -0.05) is 54.6 Å². The molecule has 4 unspecified atom stereocenters. The molecule has 28 heavy (non-hydrogen) atoms. The maximum absolute atomic E-state index is 10.6. The molecule has 4 atom stereocenters. The van der Waals surface area contributed by atoms with E-state index in [1.165, 1.54) is 0 Å². The lowest BCUT2D eigenvalue weighted by molar-refractivity contribution is 0.0119. The Morgan fingerprint density at radius 1 is 0.929 bits per heavy atom. The Morgan fingerprint density at radius 3 is 1.79 bits per heavy atom. The van der Waals surface area contributed by atoms with Crippen LogP contribution in [-0.2, 0) is 14.2 Å². The predicted octanol–water partition coefficient (Wildman–Crippen LogP) is 3.96. The Bertz CT molecular complexity index is 770. The molecule has 0 radical (unpaired) electrons. The number of rotatable bonds is 8. The van der Waals surface area contributed by atoms with E-state index < -0.39 is 5.97 Å². The summed E-state index contributed by atoms with van der Waals surface area (Å²) in [7, 11) is 0. The smallest absolute Gasteiger partial charge is 0.335 e. The van der Waals surface area contributed by atoms with Crippen LogP contribution in [0.25, 0.3) is 11.1 Å². The quantitative estimate of drug-likeness (QED) is 0.554. The van der Waals surface area contributed by atoms with Gasteiger partial charge in [0.25, 0.3) is 0 Å². The topological polar surface area (TPSA) is 71.6 Å². The predicted molar refractivity (Wildman–Crippen MR) is 107 cm³/mol. The maximum atomic E-state index is 10.6. The third-order valence-corrected chi connectivity index (χ3v) is 4.47. The first-order valence-electron chi connectivity index (χ1n) is 9.15. The molecule has 1 N–H and O–H groups in total. The molecule has 146 valence electrons. The van der Waals surface area contributed by atoms with Gasteiger partial charge in [0.05, 0.1) is 18.8 Å². The van der Waals surface area contributed by atoms with Crippen molar-refractivity contribution in [2.75, 3.05) is 13.2 Å². The van der Waals surface area contributed by atoms with Crippen LogP contribution in [-0.4, -0.2) is 48.7 Å². The van der Waals surface area contributed by atoms with Crippen molar-refractivity contribution in [2.24, 2.45) is 0 Å². The molecule has 2 aromatic carbocycles. The van der Waals surface area contributed by atoms with Crippen molar-refractivity contribution in [3.63, 3.8) is 0 Å². The molecule has 2 fully saturated rings. The Balaban J connectivity index is 0.000000162. The van der Waals surface area contributed by atoms with E-state index in [0.717, 1.165) is 24.3 Å². The average molecular weight is 380 g/mol. The Labute approximate surface area is 164 Å². The van der Waals surface area contributed by atoms with Crippen LogP contribution in [0.5, 0.6) is 0 Å². The van der Waals surface area contributed by atoms with E-state index in [1.807, 2.05) is 42.5 Å². The van der Waals surface area contributed by atoms with Crippen LogP contribution in [0.15, 0.2) is 79.9 Å². The van der Waals surface area contributed by atoms with Crippen molar-refractivity contribution in [3.8, 4) is 11.1 Å². The highest BCUT2D eigenvalue weighted by Gasteiger charge is 2.38. The Kier molecular flexibility index (Phi) is 6.76. The zero-order valence-electron chi connectivity index (χ0n) is 15.6. The molecule has 2 heterocycles. The molecule has 2 aliphatic heterocycles. The highest BCUT2D eigenvalue weighted by atomic mass is 16.6. The first kappa shape index (κ1) is 20.0. The SMILES string of the molecule is C=CC(OC(C=C)C1CO1)C1CO1.O=C(O)c1ccc(-c2ccccc2)cc1. The molecular weight excluding hydrogens is 356 g/mol. The van der Waals surface area contributed by atoms with Gasteiger partial charge in [0, 0.05) is 0 Å². The molecule has 2 saturated heterocycles. The largest absolute Gasteiger partial charge is 0.478 e. The van der Waals surface area contributed by atoms with Gasteiger partial charge in [-0.15, -0.1) is 13.2 Å². The molecular formula is C23H24O5. The zero-order chi connectivity index (χ0) is 19.9. The van der Waals surface area contributed by atoms with Gasteiger partial charge in [0.15, 0.2) is 0 Å². The summed E-state index contributed by atoms with van der Waals surface area (Å²) in [6.45, 7) is 8.96. The molecule has 5 nitrogen and oxygen atoms in total. The van der Waals surface area contributed by atoms with Gasteiger partial charge < -0.3 is 19.3 Å². The molecule has 0 bridgehead atoms. The summed E-state index contributed by atoms with van der Waals surface area (Å²) >= 11 is 0. The number of hydrogen-bond acceptors (Lipinski definition) is 4. The second kappa shape index (κ2) is 9.46. The molecule has 4 rings (SSSR count). The number of carbonyl (C=O) groups is 1. The number of carboxylic acid groups (broad SMARTS) is 1. The van der Waals surface area contributed by atoms with Crippen molar-refractivity contribution in [2.45, 2.75) is 24.4 Å². The van der Waals surface area contributed by atoms with Crippen molar-refractivity contribution in [1.29, 1.82) is 0 Å². The first-order valence-corrected chi connectivity index (χ1v) is 9.15. The van der Waals surface area contributed by atoms with E-state index in [1.54, 1.807) is 24.3 Å². The lowest BCUT2D eigenvalue weighted by atomic mass is 10.0. The van der Waals surface area contributed by atoms with Crippen LogP contribution in [0.1, 0.15) is 10.4 Å². The van der Waals surface area contributed by atoms with Crippen LogP contribution in [0.3, 0.4) is 0 Å². The average Bonchev–Trinajstić information content (AvgIpc) is 3.64. The van der Waals surface area contributed by atoms with Gasteiger partial charge in [-0.25, -0.2) is 4.79 Å². The number of ether oxygens (including phenoxy) is 3. The monoisotopic (exact) mass is 380 g/mol. The standard InChI is InChI=1S/C13H10O2.C10H14O3/c14-13(15)12-8-6-11(7-9-12)10-4-2-1-3-5-10;1-3-7(9-5-11-9)13-8(4-2)10-6-12-10/h1-9H,(H,14,15);3-4,7-10H,1-2,5-6H2. The number of benzene rings is 2. The minimum absolute atomic E-state index is 0.0211. The van der Waals surface area contributed by atoms with Crippen LogP contribution < -0.4 is 0 Å². The second-order valence-electron chi connectivity index (χ2n) is 6.53. The summed E-state index contributed by atoms with van der Waals surface area (Å²) in [5, 5.41) is 8.75. The molecule has 2 aromatic rings. The van der Waals surface area contributed by atoms with E-state index in [0.29, 0.717) is 5.56 Å². The minimum atomic E-state index is -0.894. The lowest BCUT2D eigenvalue weighted by Gasteiger charge is -2.16. The molecule has 0 saturated carbocycles. The van der Waals surface area contributed by atoms with Gasteiger partial charge in [-0.3, -0.25) is 0 Å². The highest BCUT2D eigenvalue weighted by Crippen LogP contribution is 2.24. The van der Waals surface area contributed by atoms with Gasteiger partial charge >= 0.3 is 5.97 Å². The molecule has 0 spiro atoms. The summed E-state index contributed by atoms with van der Waals surface area (Å²) in [5.41, 5.74) is 2.43. The number of carboxylic acids is 1. The van der Waals surface area contributed by atoms with Gasteiger partial charge in [-0.05, 0) is 23.3 Å². The van der Waals surface area contributed by atoms with E-state index in [4.69, 9.17) is 19.3 Å². The van der Waals surface area contributed by atoms with Crippen LogP contribution in [0.2, 0.25) is 0 Å². The maximum Gasteiger partial charge on any atom is 0.335 e. The van der Waals surface area contributed by atoms with E-state index >= 15 is 0 Å². The highest BCUT2D eigenvalue weighted by molar-refractivity contribution is 5.88. The summed E-state index contributed by atoms with van der Waals surface area (Å²) in [4.78, 5) is 10.6. The van der Waals surface area contributed by atoms with E-state index in [9.17, 15) is 4.79 Å². The van der Waals surface area contributed by atoms with Crippen LogP contribution in [0, 0.1) is 0 Å². The number of epoxide rings is 2. The fourth-order valence-corrected chi connectivity index (χ4v) is 2.70. The third kappa shape index (κ3) is 5.63. The lowest BCUT2D eigenvalue weighted by Crippen LogP contribution is -2.27. The van der Waals surface area contributed by atoms with Crippen molar-refractivity contribution in [1.82, 2.24) is 0 Å². The summed E-state index contributed by atoms with van der Waals surface area (Å²) < 4.78 is 16.0. The van der Waals surface area contributed by atoms with Crippen molar-refractivity contribution < 1.29 is 24.1 Å². The van der Waals surface area contributed by atoms with E-state index in [2.05, 4.69) is 13.2 Å². The number of aromatic carboxylic acids is 1. The summed E-state index contributed by atoms with van der Waals surface area (Å²) in [6.07, 6.45) is 3.89. The Hall–Kier alpha value is -2.73. The van der Waals surface area contributed by atoms with Crippen LogP contribution >= 0.6 is 0 Å². The van der Waals surface area contributed by atoms with Gasteiger partial charge in [0.2, 0.25) is 0 Å². The Morgan fingerprint density at radius 2 is 1.39 bits per heavy atom. The van der Waals surface area contributed by atoms with Crippen molar-refractivity contribution >= 4 is 5.97 Å². The summed E-state index contributed by atoms with van der Waals surface area (Å²) in [6, 6.07) is 16.7. The molecule has 0 aromatic heterocycles. The normalized spacial score (nSPS) is 21.4.